The summed E-state index contributed by atoms with van der Waals surface area (Å²) < 4.78 is 29.3. The number of nitrogens with zero attached hydrogens (tertiary/aromatic N) is 1. The van der Waals surface area contributed by atoms with Gasteiger partial charge in [0, 0.05) is 11.6 Å². The Kier molecular flexibility index (Phi) is 4.87. The number of ketones is 1. The van der Waals surface area contributed by atoms with Gasteiger partial charge in [-0.05, 0) is 13.0 Å². The zero-order valence-corrected chi connectivity index (χ0v) is 12.9. The van der Waals surface area contributed by atoms with Crippen LogP contribution in [0.4, 0.5) is 5.69 Å². The minimum absolute atomic E-state index is 0.290. The Morgan fingerprint density at radius 3 is 2.26 bits per heavy atom. The summed E-state index contributed by atoms with van der Waals surface area (Å²) in [6.07, 6.45) is -1.30. The standard InChI is InChI=1S/C15H13NO6S/c1-11(15(17)12-7-3-2-4-8-12)22-23(20,21)14-10-6-5-9-13(14)16(18)19/h2-11H,1H3. The van der Waals surface area contributed by atoms with Gasteiger partial charge in [-0.25, -0.2) is 0 Å². The first-order chi connectivity index (χ1) is 10.8. The number of rotatable bonds is 6. The topological polar surface area (TPSA) is 104 Å². The molecule has 8 heteroatoms. The number of nitro benzene ring substituents is 1. The SMILES string of the molecule is CC(OS(=O)(=O)c1ccccc1[N+](=O)[O-])C(=O)c1ccccc1. The van der Waals surface area contributed by atoms with E-state index >= 15 is 0 Å². The number of hydrogen-bond acceptors (Lipinski definition) is 6. The van der Waals surface area contributed by atoms with Crippen LogP contribution in [0.2, 0.25) is 0 Å². The Bertz CT molecular complexity index is 832. The lowest BCUT2D eigenvalue weighted by molar-refractivity contribution is -0.387. The van der Waals surface area contributed by atoms with Crippen LogP contribution in [0.5, 0.6) is 0 Å². The average molecular weight is 335 g/mol. The number of carbonyl (C=O) groups is 1. The molecule has 0 spiro atoms. The quantitative estimate of drug-likeness (QED) is 0.348. The van der Waals surface area contributed by atoms with E-state index in [0.29, 0.717) is 0 Å². The van der Waals surface area contributed by atoms with Gasteiger partial charge in [-0.3, -0.25) is 19.1 Å². The maximum atomic E-state index is 12.2. The Morgan fingerprint density at radius 1 is 1.09 bits per heavy atom. The van der Waals surface area contributed by atoms with Crippen molar-refractivity contribution in [3.05, 3.63) is 70.3 Å². The number of nitro groups is 1. The molecule has 2 rings (SSSR count). The van der Waals surface area contributed by atoms with Gasteiger partial charge in [-0.1, -0.05) is 42.5 Å². The summed E-state index contributed by atoms with van der Waals surface area (Å²) in [6.45, 7) is 1.28. The molecule has 0 amide bonds. The fraction of sp³-hybridized carbons (Fsp3) is 0.133. The van der Waals surface area contributed by atoms with Gasteiger partial charge in [0.05, 0.1) is 4.92 Å². The van der Waals surface area contributed by atoms with Crippen molar-refractivity contribution in [3.8, 4) is 0 Å². The molecule has 0 bridgehead atoms. The highest BCUT2D eigenvalue weighted by Gasteiger charge is 2.30. The first-order valence-electron chi connectivity index (χ1n) is 6.59. The molecule has 1 atom stereocenters. The molecule has 1 unspecified atom stereocenters. The molecule has 7 nitrogen and oxygen atoms in total. The summed E-state index contributed by atoms with van der Waals surface area (Å²) in [5.74, 6) is -0.534. The zero-order valence-electron chi connectivity index (χ0n) is 12.1. The maximum Gasteiger partial charge on any atom is 0.304 e. The summed E-state index contributed by atoms with van der Waals surface area (Å²) in [5.41, 5.74) is -0.315. The van der Waals surface area contributed by atoms with Gasteiger partial charge in [0.1, 0.15) is 6.10 Å². The molecule has 0 saturated heterocycles. The lowest BCUT2D eigenvalue weighted by atomic mass is 10.1. The number of carbonyl (C=O) groups excluding carboxylic acids is 1. The van der Waals surface area contributed by atoms with Gasteiger partial charge >= 0.3 is 10.1 Å². The third kappa shape index (κ3) is 3.79. The van der Waals surface area contributed by atoms with Crippen LogP contribution in [-0.2, 0) is 14.3 Å². The lowest BCUT2D eigenvalue weighted by Crippen LogP contribution is -2.25. The van der Waals surface area contributed by atoms with Crippen molar-refractivity contribution in [2.75, 3.05) is 0 Å². The molecule has 0 aromatic heterocycles. The van der Waals surface area contributed by atoms with Crippen LogP contribution in [0.15, 0.2) is 59.5 Å². The minimum Gasteiger partial charge on any atom is -0.291 e. The van der Waals surface area contributed by atoms with Gasteiger partial charge in [0.2, 0.25) is 0 Å². The first-order valence-corrected chi connectivity index (χ1v) is 8.00. The van der Waals surface area contributed by atoms with Gasteiger partial charge in [0.25, 0.3) is 5.69 Å². The van der Waals surface area contributed by atoms with Gasteiger partial charge in [-0.15, -0.1) is 0 Å². The predicted octanol–water partition coefficient (Wildman–Crippen LogP) is 2.57. The molecular formula is C15H13NO6S. The van der Waals surface area contributed by atoms with E-state index in [4.69, 9.17) is 4.18 Å². The largest absolute Gasteiger partial charge is 0.304 e. The molecule has 0 N–H and O–H groups in total. The zero-order chi connectivity index (χ0) is 17.0. The summed E-state index contributed by atoms with van der Waals surface area (Å²) in [4.78, 5) is 21.7. The average Bonchev–Trinajstić information content (AvgIpc) is 2.54. The maximum absolute atomic E-state index is 12.2. The van der Waals surface area contributed by atoms with Crippen molar-refractivity contribution >= 4 is 21.6 Å². The van der Waals surface area contributed by atoms with Gasteiger partial charge < -0.3 is 0 Å². The van der Waals surface area contributed by atoms with Crippen molar-refractivity contribution in [2.24, 2.45) is 0 Å². The van der Waals surface area contributed by atoms with Crippen LogP contribution < -0.4 is 0 Å². The van der Waals surface area contributed by atoms with Crippen LogP contribution in [0.3, 0.4) is 0 Å². The fourth-order valence-electron chi connectivity index (χ4n) is 1.94. The van der Waals surface area contributed by atoms with Crippen molar-refractivity contribution < 1.29 is 22.3 Å². The smallest absolute Gasteiger partial charge is 0.291 e. The van der Waals surface area contributed by atoms with E-state index in [0.717, 1.165) is 12.1 Å². The second-order valence-corrected chi connectivity index (χ2v) is 6.19. The third-order valence-corrected chi connectivity index (χ3v) is 4.46. The fourth-order valence-corrected chi connectivity index (χ4v) is 3.16. The Balaban J connectivity index is 2.29. The molecule has 0 fully saturated rings. The van der Waals surface area contributed by atoms with E-state index in [2.05, 4.69) is 0 Å². The minimum atomic E-state index is -4.45. The van der Waals surface area contributed by atoms with E-state index < -0.39 is 37.5 Å². The normalized spacial score (nSPS) is 12.6. The molecule has 120 valence electrons. The van der Waals surface area contributed by atoms with Gasteiger partial charge in [-0.2, -0.15) is 8.42 Å². The first kappa shape index (κ1) is 16.8. The van der Waals surface area contributed by atoms with E-state index in [1.807, 2.05) is 0 Å². The molecule has 0 aliphatic rings. The third-order valence-electron chi connectivity index (χ3n) is 3.03. The Labute approximate surface area is 132 Å². The molecule has 0 aliphatic heterocycles. The highest BCUT2D eigenvalue weighted by molar-refractivity contribution is 7.87. The number of Topliss-reactive ketones (excluding diaryl/α,β-unsaturated/α-hetero) is 1. The second-order valence-electron chi connectivity index (χ2n) is 4.65. The van der Waals surface area contributed by atoms with E-state index in [1.54, 1.807) is 18.2 Å². The number of para-hydroxylation sites is 1. The molecule has 2 aromatic rings. The summed E-state index contributed by atoms with van der Waals surface area (Å²) in [5, 5.41) is 10.9. The van der Waals surface area contributed by atoms with Crippen LogP contribution in [0.25, 0.3) is 0 Å². The summed E-state index contributed by atoms with van der Waals surface area (Å²) in [6, 6.07) is 12.8. The summed E-state index contributed by atoms with van der Waals surface area (Å²) in [7, 11) is -4.45. The monoisotopic (exact) mass is 335 g/mol. The summed E-state index contributed by atoms with van der Waals surface area (Å²) >= 11 is 0. The highest BCUT2D eigenvalue weighted by atomic mass is 32.2. The van der Waals surface area contributed by atoms with E-state index in [1.165, 1.54) is 31.2 Å². The van der Waals surface area contributed by atoms with E-state index in [9.17, 15) is 23.3 Å². The van der Waals surface area contributed by atoms with Crippen LogP contribution in [0.1, 0.15) is 17.3 Å². The van der Waals surface area contributed by atoms with Crippen LogP contribution in [-0.4, -0.2) is 25.2 Å². The Morgan fingerprint density at radius 2 is 1.65 bits per heavy atom. The Hall–Kier alpha value is -2.58. The molecule has 2 aromatic carbocycles. The van der Waals surface area contributed by atoms with Crippen molar-refractivity contribution in [2.45, 2.75) is 17.9 Å². The molecule has 0 saturated carbocycles. The van der Waals surface area contributed by atoms with Gasteiger partial charge in [0.15, 0.2) is 10.7 Å². The lowest BCUT2D eigenvalue weighted by Gasteiger charge is -2.12. The van der Waals surface area contributed by atoms with Crippen molar-refractivity contribution in [1.82, 2.24) is 0 Å². The molecular weight excluding hydrogens is 322 g/mol. The van der Waals surface area contributed by atoms with Crippen molar-refractivity contribution in [1.29, 1.82) is 0 Å². The molecule has 0 heterocycles. The van der Waals surface area contributed by atoms with Crippen LogP contribution >= 0.6 is 0 Å². The molecule has 23 heavy (non-hydrogen) atoms. The second kappa shape index (κ2) is 6.67. The number of benzene rings is 2. The number of hydrogen-bond donors (Lipinski definition) is 0. The predicted molar refractivity (Wildman–Crippen MR) is 81.6 cm³/mol. The molecule has 0 radical (unpaired) electrons. The molecule has 0 aliphatic carbocycles. The van der Waals surface area contributed by atoms with E-state index in [-0.39, 0.29) is 5.56 Å². The highest BCUT2D eigenvalue weighted by Crippen LogP contribution is 2.25. The van der Waals surface area contributed by atoms with Crippen molar-refractivity contribution in [3.63, 3.8) is 0 Å². The van der Waals surface area contributed by atoms with Crippen LogP contribution in [0, 0.1) is 10.1 Å².